The van der Waals surface area contributed by atoms with Crippen LogP contribution in [0.25, 0.3) is 0 Å². The van der Waals surface area contributed by atoms with E-state index in [0.29, 0.717) is 55.9 Å². The maximum Gasteiger partial charge on any atom is 0.255 e. The first-order valence-electron chi connectivity index (χ1n) is 14.6. The molecule has 1 aliphatic heterocycles. The predicted octanol–water partition coefficient (Wildman–Crippen LogP) is 8.84. The van der Waals surface area contributed by atoms with Crippen molar-refractivity contribution in [1.29, 1.82) is 0 Å². The van der Waals surface area contributed by atoms with E-state index in [1.807, 2.05) is 68.4 Å². The topological polar surface area (TPSA) is 90.3 Å². The summed E-state index contributed by atoms with van der Waals surface area (Å²) >= 11 is 14.0. The Morgan fingerprint density at radius 3 is 2.55 bits per heavy atom. The lowest BCUT2D eigenvalue weighted by Crippen LogP contribution is -2.31. The van der Waals surface area contributed by atoms with Crippen molar-refractivity contribution in [1.82, 2.24) is 14.8 Å². The standard InChI is InChI=1S/C35H30Cl2FN5O3S/c1-20-8-6-10-24(16-20)40-33(44)31-21(2)39-34-41-35(47-19-23-9-4-5-11-26(23)36)42-43(34)32(31)22-14-15-29(30(17-22)45-3)46-18-25-27(37)12-7-13-28(25)38/h4-17,32H,18-19H2,1-3H3,(H,40,44)(H,39,41,42). The van der Waals surface area contributed by atoms with Gasteiger partial charge in [-0.05, 0) is 73.0 Å². The molecule has 1 atom stereocenters. The second kappa shape index (κ2) is 14.1. The van der Waals surface area contributed by atoms with E-state index < -0.39 is 11.9 Å². The van der Waals surface area contributed by atoms with Crippen LogP contribution in [0.4, 0.5) is 16.0 Å². The van der Waals surface area contributed by atoms with Crippen molar-refractivity contribution in [3.8, 4) is 11.5 Å². The summed E-state index contributed by atoms with van der Waals surface area (Å²) in [5, 5.41) is 12.6. The van der Waals surface area contributed by atoms with E-state index in [0.717, 1.165) is 11.1 Å². The van der Waals surface area contributed by atoms with Crippen LogP contribution < -0.4 is 20.1 Å². The molecule has 1 aromatic heterocycles. The molecule has 0 aliphatic carbocycles. The van der Waals surface area contributed by atoms with Crippen LogP contribution in [-0.2, 0) is 17.2 Å². The molecule has 240 valence electrons. The van der Waals surface area contributed by atoms with Crippen LogP contribution in [0.3, 0.4) is 0 Å². The normalized spacial score (nSPS) is 14.0. The summed E-state index contributed by atoms with van der Waals surface area (Å²) in [6.45, 7) is 3.70. The number of carbonyl (C=O) groups excluding carboxylic acids is 1. The molecule has 6 rings (SSSR count). The molecule has 8 nitrogen and oxygen atoms in total. The highest BCUT2D eigenvalue weighted by atomic mass is 35.5. The van der Waals surface area contributed by atoms with E-state index in [4.69, 9.17) is 42.8 Å². The number of thioether (sulfide) groups is 1. The number of rotatable bonds is 10. The van der Waals surface area contributed by atoms with Gasteiger partial charge in [-0.25, -0.2) is 9.07 Å². The van der Waals surface area contributed by atoms with Gasteiger partial charge >= 0.3 is 0 Å². The molecular formula is C35H30Cl2FN5O3S. The predicted molar refractivity (Wildman–Crippen MR) is 184 cm³/mol. The number of aromatic nitrogens is 3. The van der Waals surface area contributed by atoms with Gasteiger partial charge in [0.1, 0.15) is 18.5 Å². The number of nitrogens with one attached hydrogen (secondary N) is 2. The lowest BCUT2D eigenvalue weighted by atomic mass is 9.94. The molecule has 0 saturated carbocycles. The minimum absolute atomic E-state index is 0.100. The first-order chi connectivity index (χ1) is 22.7. The molecule has 2 heterocycles. The minimum atomic E-state index is -0.679. The highest BCUT2D eigenvalue weighted by Gasteiger charge is 2.35. The third-order valence-corrected chi connectivity index (χ3v) is 9.21. The lowest BCUT2D eigenvalue weighted by molar-refractivity contribution is -0.113. The number of hydrogen-bond acceptors (Lipinski definition) is 7. The Morgan fingerprint density at radius 2 is 1.79 bits per heavy atom. The van der Waals surface area contributed by atoms with E-state index in [9.17, 15) is 9.18 Å². The summed E-state index contributed by atoms with van der Waals surface area (Å²) in [6.07, 6.45) is 0. The number of benzene rings is 4. The number of anilines is 2. The highest BCUT2D eigenvalue weighted by Crippen LogP contribution is 2.40. The largest absolute Gasteiger partial charge is 0.493 e. The van der Waals surface area contributed by atoms with Crippen LogP contribution in [0.15, 0.2) is 101 Å². The quantitative estimate of drug-likeness (QED) is 0.142. The van der Waals surface area contributed by atoms with Gasteiger partial charge in [0.25, 0.3) is 5.91 Å². The molecule has 0 bridgehead atoms. The van der Waals surface area contributed by atoms with Gasteiger partial charge in [-0.3, -0.25) is 4.79 Å². The Kier molecular flexibility index (Phi) is 9.72. The number of hydrogen-bond donors (Lipinski definition) is 2. The van der Waals surface area contributed by atoms with Crippen molar-refractivity contribution in [2.45, 2.75) is 37.4 Å². The summed E-state index contributed by atoms with van der Waals surface area (Å²) in [5.41, 5.74) is 4.64. The first-order valence-corrected chi connectivity index (χ1v) is 16.4. The van der Waals surface area contributed by atoms with Crippen molar-refractivity contribution < 1.29 is 18.7 Å². The number of nitrogens with zero attached hydrogens (tertiary/aromatic N) is 3. The molecule has 4 aromatic carbocycles. The van der Waals surface area contributed by atoms with Crippen molar-refractivity contribution in [3.05, 3.63) is 134 Å². The van der Waals surface area contributed by atoms with E-state index in [-0.39, 0.29) is 23.1 Å². The summed E-state index contributed by atoms with van der Waals surface area (Å²) in [6, 6.07) is 24.3. The molecule has 0 saturated heterocycles. The molecule has 1 unspecified atom stereocenters. The van der Waals surface area contributed by atoms with Crippen LogP contribution in [0, 0.1) is 12.7 Å². The molecule has 1 aliphatic rings. The fourth-order valence-corrected chi connectivity index (χ4v) is 6.60. The molecule has 5 aromatic rings. The molecular weight excluding hydrogens is 660 g/mol. The average Bonchev–Trinajstić information content (AvgIpc) is 3.45. The van der Waals surface area contributed by atoms with E-state index in [1.54, 1.807) is 22.9 Å². The Bertz CT molecular complexity index is 1980. The second-order valence-corrected chi connectivity index (χ2v) is 12.6. The van der Waals surface area contributed by atoms with Crippen LogP contribution in [0.5, 0.6) is 11.5 Å². The summed E-state index contributed by atoms with van der Waals surface area (Å²) in [7, 11) is 1.52. The molecule has 0 spiro atoms. The fraction of sp³-hybridized carbons (Fsp3) is 0.171. The van der Waals surface area contributed by atoms with Gasteiger partial charge in [0.05, 0.1) is 17.7 Å². The van der Waals surface area contributed by atoms with Crippen LogP contribution >= 0.6 is 35.0 Å². The molecule has 0 radical (unpaired) electrons. The zero-order valence-corrected chi connectivity index (χ0v) is 28.0. The summed E-state index contributed by atoms with van der Waals surface area (Å²) < 4.78 is 27.8. The van der Waals surface area contributed by atoms with E-state index in [1.165, 1.54) is 31.0 Å². The number of fused-ring (bicyclic) bond motifs is 1. The van der Waals surface area contributed by atoms with Gasteiger partial charge in [-0.15, -0.1) is 5.10 Å². The van der Waals surface area contributed by atoms with Gasteiger partial charge in [-0.2, -0.15) is 4.98 Å². The summed E-state index contributed by atoms with van der Waals surface area (Å²) in [4.78, 5) is 18.7. The van der Waals surface area contributed by atoms with Gasteiger partial charge in [0, 0.05) is 27.7 Å². The first kappa shape index (κ1) is 32.4. The van der Waals surface area contributed by atoms with Gasteiger partial charge in [0.15, 0.2) is 11.5 Å². The Labute approximate surface area is 285 Å². The maximum absolute atomic E-state index is 14.4. The third kappa shape index (κ3) is 7.10. The van der Waals surface area contributed by atoms with E-state index in [2.05, 4.69) is 10.6 Å². The molecule has 12 heteroatoms. The van der Waals surface area contributed by atoms with E-state index >= 15 is 0 Å². The molecule has 0 fully saturated rings. The number of methoxy groups -OCH3 is 1. The third-order valence-electron chi connectivity index (χ3n) is 7.61. The van der Waals surface area contributed by atoms with Crippen molar-refractivity contribution in [3.63, 3.8) is 0 Å². The zero-order valence-electron chi connectivity index (χ0n) is 25.7. The maximum atomic E-state index is 14.4. The van der Waals surface area contributed by atoms with Gasteiger partial charge in [-0.1, -0.05) is 77.4 Å². The average molecular weight is 691 g/mol. The Hall–Kier alpha value is -4.51. The number of ether oxygens (including phenoxy) is 2. The molecule has 2 N–H and O–H groups in total. The van der Waals surface area contributed by atoms with Crippen LogP contribution in [0.2, 0.25) is 10.0 Å². The van der Waals surface area contributed by atoms with Crippen LogP contribution in [0.1, 0.15) is 35.2 Å². The zero-order chi connectivity index (χ0) is 33.1. The second-order valence-electron chi connectivity index (χ2n) is 10.8. The number of carbonyl (C=O) groups is 1. The Balaban J connectivity index is 1.35. The number of amides is 1. The minimum Gasteiger partial charge on any atom is -0.493 e. The molecule has 47 heavy (non-hydrogen) atoms. The lowest BCUT2D eigenvalue weighted by Gasteiger charge is -2.29. The monoisotopic (exact) mass is 689 g/mol. The fourth-order valence-electron chi connectivity index (χ4n) is 5.27. The highest BCUT2D eigenvalue weighted by molar-refractivity contribution is 7.98. The van der Waals surface area contributed by atoms with Crippen LogP contribution in [-0.4, -0.2) is 27.8 Å². The van der Waals surface area contributed by atoms with Gasteiger partial charge in [0.2, 0.25) is 11.1 Å². The SMILES string of the molecule is COc1cc(C2C(C(=O)Nc3cccc(C)c3)=C(C)Nc3nc(SCc4ccccc4Cl)nn32)ccc1OCc1c(F)cccc1Cl. The number of halogens is 3. The summed E-state index contributed by atoms with van der Waals surface area (Å²) in [5.74, 6) is 1.05. The molecule has 1 amide bonds. The van der Waals surface area contributed by atoms with Gasteiger partial charge < -0.3 is 20.1 Å². The van der Waals surface area contributed by atoms with Crippen molar-refractivity contribution >= 4 is 52.5 Å². The Morgan fingerprint density at radius 1 is 1.00 bits per heavy atom. The van der Waals surface area contributed by atoms with Crippen molar-refractivity contribution in [2.24, 2.45) is 0 Å². The number of allylic oxidation sites excluding steroid dienone is 1. The smallest absolute Gasteiger partial charge is 0.255 e. The number of aryl methyl sites for hydroxylation is 1. The van der Waals surface area contributed by atoms with Crippen molar-refractivity contribution in [2.75, 3.05) is 17.7 Å².